The molecule has 2 heterocycles. The number of halogens is 1. The zero-order chi connectivity index (χ0) is 17.9. The highest BCUT2D eigenvalue weighted by atomic mass is 127. The maximum atomic E-state index is 12.1. The fourth-order valence-corrected chi connectivity index (χ4v) is 4.35. The first-order chi connectivity index (χ1) is 12.0. The summed E-state index contributed by atoms with van der Waals surface area (Å²) in [5.74, 6) is 1.70. The third-order valence-corrected chi connectivity index (χ3v) is 5.99. The van der Waals surface area contributed by atoms with E-state index in [-0.39, 0.29) is 41.8 Å². The molecule has 7 nitrogen and oxygen atoms in total. The minimum atomic E-state index is -0.775. The molecule has 1 unspecified atom stereocenters. The summed E-state index contributed by atoms with van der Waals surface area (Å²) in [7, 11) is 0. The summed E-state index contributed by atoms with van der Waals surface area (Å²) in [6.07, 6.45) is 7.04. The number of carbonyl (C=O) groups excluding carboxylic acids is 2. The number of likely N-dealkylation sites (tertiary alicyclic amines) is 1. The number of nitrogens with zero attached hydrogens (tertiary/aromatic N) is 2. The highest BCUT2D eigenvalue weighted by Crippen LogP contribution is 2.31. The maximum Gasteiger partial charge on any atom is 0.322 e. The van der Waals surface area contributed by atoms with Gasteiger partial charge in [0.1, 0.15) is 5.54 Å². The van der Waals surface area contributed by atoms with Gasteiger partial charge in [-0.15, -0.1) is 24.0 Å². The fraction of sp³-hybridized carbons (Fsp3) is 0.833. The van der Waals surface area contributed by atoms with Crippen LogP contribution in [0.25, 0.3) is 0 Å². The van der Waals surface area contributed by atoms with E-state index in [0.717, 1.165) is 50.9 Å². The monoisotopic (exact) mass is 477 g/mol. The predicted molar refractivity (Wildman–Crippen MR) is 113 cm³/mol. The summed E-state index contributed by atoms with van der Waals surface area (Å²) in [5.41, 5.74) is -0.775. The Morgan fingerprint density at radius 1 is 1.23 bits per heavy atom. The van der Waals surface area contributed by atoms with Crippen molar-refractivity contribution >= 4 is 41.9 Å². The summed E-state index contributed by atoms with van der Waals surface area (Å²) in [6.45, 7) is 7.43. The van der Waals surface area contributed by atoms with Crippen molar-refractivity contribution in [3.63, 3.8) is 0 Å². The Labute approximate surface area is 173 Å². The molecule has 0 radical (unpaired) electrons. The average Bonchev–Trinajstić information content (AvgIpc) is 3.20. The molecule has 3 N–H and O–H groups in total. The minimum absolute atomic E-state index is 0. The molecule has 3 amide bonds. The number of imide groups is 1. The number of rotatable bonds is 4. The van der Waals surface area contributed by atoms with Gasteiger partial charge in [0.15, 0.2) is 5.96 Å². The van der Waals surface area contributed by atoms with E-state index in [2.05, 4.69) is 27.8 Å². The second-order valence-corrected chi connectivity index (χ2v) is 7.72. The molecule has 26 heavy (non-hydrogen) atoms. The van der Waals surface area contributed by atoms with Crippen molar-refractivity contribution in [2.24, 2.45) is 16.8 Å². The predicted octanol–water partition coefficient (Wildman–Crippen LogP) is 2.07. The molecule has 148 valence electrons. The van der Waals surface area contributed by atoms with Gasteiger partial charge < -0.3 is 15.5 Å². The Kier molecular flexibility index (Phi) is 7.54. The van der Waals surface area contributed by atoms with Crippen molar-refractivity contribution in [1.82, 2.24) is 20.9 Å². The molecule has 3 aliphatic rings. The molecular formula is C18H32IN5O2. The second kappa shape index (κ2) is 9.23. The standard InChI is InChI=1S/C18H31N5O2.HI/c1-3-19-16(20-12-13-6-4-5-7-13)23-10-8-14(9-11-23)18(2)15(24)21-17(25)22-18;/h13-14H,3-12H2,1-2H3,(H,19,20)(H2,21,22,24,25);1H. The highest BCUT2D eigenvalue weighted by Gasteiger charge is 2.48. The summed E-state index contributed by atoms with van der Waals surface area (Å²) >= 11 is 0. The Balaban J connectivity index is 0.00000243. The molecule has 2 aliphatic heterocycles. The fourth-order valence-electron chi connectivity index (χ4n) is 4.35. The first-order valence-electron chi connectivity index (χ1n) is 9.69. The molecule has 0 aromatic heterocycles. The average molecular weight is 477 g/mol. The van der Waals surface area contributed by atoms with Crippen molar-refractivity contribution in [3.05, 3.63) is 0 Å². The first kappa shape index (κ1) is 21.2. The third kappa shape index (κ3) is 4.61. The van der Waals surface area contributed by atoms with E-state index in [4.69, 9.17) is 4.99 Å². The van der Waals surface area contributed by atoms with Crippen LogP contribution in [0.4, 0.5) is 4.79 Å². The normalized spacial score (nSPS) is 27.9. The number of guanidine groups is 1. The van der Waals surface area contributed by atoms with Gasteiger partial charge in [-0.3, -0.25) is 15.1 Å². The smallest absolute Gasteiger partial charge is 0.322 e. The number of carbonyl (C=O) groups is 2. The zero-order valence-corrected chi connectivity index (χ0v) is 18.2. The van der Waals surface area contributed by atoms with Gasteiger partial charge in [-0.1, -0.05) is 12.8 Å². The Morgan fingerprint density at radius 3 is 2.42 bits per heavy atom. The molecule has 0 aromatic carbocycles. The van der Waals surface area contributed by atoms with Crippen LogP contribution in [0, 0.1) is 11.8 Å². The lowest BCUT2D eigenvalue weighted by Gasteiger charge is -2.39. The quantitative estimate of drug-likeness (QED) is 0.251. The number of urea groups is 1. The topological polar surface area (TPSA) is 85.8 Å². The molecular weight excluding hydrogens is 445 g/mol. The highest BCUT2D eigenvalue weighted by molar-refractivity contribution is 14.0. The van der Waals surface area contributed by atoms with Crippen LogP contribution < -0.4 is 16.0 Å². The van der Waals surface area contributed by atoms with Crippen LogP contribution in [-0.2, 0) is 4.79 Å². The minimum Gasteiger partial charge on any atom is -0.357 e. The van der Waals surface area contributed by atoms with E-state index in [9.17, 15) is 9.59 Å². The van der Waals surface area contributed by atoms with Gasteiger partial charge in [-0.25, -0.2) is 4.79 Å². The largest absolute Gasteiger partial charge is 0.357 e. The first-order valence-corrected chi connectivity index (χ1v) is 9.69. The second-order valence-electron chi connectivity index (χ2n) is 7.72. The van der Waals surface area contributed by atoms with Crippen LogP contribution in [0.15, 0.2) is 4.99 Å². The van der Waals surface area contributed by atoms with Crippen LogP contribution in [0.3, 0.4) is 0 Å². The molecule has 1 atom stereocenters. The number of hydrogen-bond acceptors (Lipinski definition) is 3. The van der Waals surface area contributed by atoms with Crippen LogP contribution in [-0.4, -0.2) is 54.5 Å². The van der Waals surface area contributed by atoms with E-state index in [0.29, 0.717) is 0 Å². The van der Waals surface area contributed by atoms with E-state index in [1.807, 2.05) is 6.92 Å². The molecule has 3 rings (SSSR count). The van der Waals surface area contributed by atoms with Gasteiger partial charge >= 0.3 is 6.03 Å². The van der Waals surface area contributed by atoms with Gasteiger partial charge in [-0.2, -0.15) is 0 Å². The molecule has 3 fully saturated rings. The lowest BCUT2D eigenvalue weighted by atomic mass is 9.79. The van der Waals surface area contributed by atoms with Gasteiger partial charge in [0.2, 0.25) is 0 Å². The van der Waals surface area contributed by atoms with E-state index in [1.165, 1.54) is 25.7 Å². The SMILES string of the molecule is CCNC(=NCC1CCCC1)N1CCC(C2(C)NC(=O)NC2=O)CC1.I. The van der Waals surface area contributed by atoms with Gasteiger partial charge in [0.25, 0.3) is 5.91 Å². The lowest BCUT2D eigenvalue weighted by molar-refractivity contribution is -0.125. The summed E-state index contributed by atoms with van der Waals surface area (Å²) in [6, 6.07) is -0.374. The van der Waals surface area contributed by atoms with Crippen molar-refractivity contribution in [1.29, 1.82) is 0 Å². The van der Waals surface area contributed by atoms with Crippen LogP contribution >= 0.6 is 24.0 Å². The van der Waals surface area contributed by atoms with Crippen LogP contribution in [0.5, 0.6) is 0 Å². The summed E-state index contributed by atoms with van der Waals surface area (Å²) < 4.78 is 0. The molecule has 0 bridgehead atoms. The number of nitrogens with one attached hydrogen (secondary N) is 3. The molecule has 0 spiro atoms. The Morgan fingerprint density at radius 2 is 1.88 bits per heavy atom. The molecule has 1 saturated carbocycles. The van der Waals surface area contributed by atoms with Gasteiger partial charge in [0, 0.05) is 26.2 Å². The molecule has 1 aliphatic carbocycles. The maximum absolute atomic E-state index is 12.1. The van der Waals surface area contributed by atoms with Crippen LogP contribution in [0.2, 0.25) is 0 Å². The summed E-state index contributed by atoms with van der Waals surface area (Å²) in [4.78, 5) is 30.8. The van der Waals surface area contributed by atoms with Crippen LogP contribution in [0.1, 0.15) is 52.4 Å². The van der Waals surface area contributed by atoms with Gasteiger partial charge in [-0.05, 0) is 51.4 Å². The van der Waals surface area contributed by atoms with E-state index in [1.54, 1.807) is 0 Å². The summed E-state index contributed by atoms with van der Waals surface area (Å²) in [5, 5.41) is 8.60. The van der Waals surface area contributed by atoms with Crippen molar-refractivity contribution in [3.8, 4) is 0 Å². The lowest BCUT2D eigenvalue weighted by Crippen LogP contribution is -2.55. The van der Waals surface area contributed by atoms with Gasteiger partial charge in [0.05, 0.1) is 0 Å². The van der Waals surface area contributed by atoms with Crippen molar-refractivity contribution in [2.45, 2.75) is 57.9 Å². The number of aliphatic imine (C=N–C) groups is 1. The Hall–Kier alpha value is -1.06. The van der Waals surface area contributed by atoms with E-state index >= 15 is 0 Å². The zero-order valence-electron chi connectivity index (χ0n) is 15.8. The number of amides is 3. The number of hydrogen-bond donors (Lipinski definition) is 3. The van der Waals surface area contributed by atoms with Crippen molar-refractivity contribution in [2.75, 3.05) is 26.2 Å². The molecule has 8 heteroatoms. The third-order valence-electron chi connectivity index (χ3n) is 5.99. The van der Waals surface area contributed by atoms with Crippen molar-refractivity contribution < 1.29 is 9.59 Å². The number of piperidine rings is 1. The molecule has 0 aromatic rings. The Bertz CT molecular complexity index is 542. The van der Waals surface area contributed by atoms with E-state index < -0.39 is 5.54 Å². The molecule has 2 saturated heterocycles.